The fourth-order valence-corrected chi connectivity index (χ4v) is 0.751. The van der Waals surface area contributed by atoms with Gasteiger partial charge >= 0.3 is 6.18 Å². The number of nitrogens with zero attached hydrogens (tertiary/aromatic N) is 2. The molecule has 0 aliphatic rings. The van der Waals surface area contributed by atoms with Gasteiger partial charge in [-0.1, -0.05) is 6.07 Å². The smallest absolute Gasteiger partial charge is 0.430 e. The quantitative estimate of drug-likeness (QED) is 0.685. The molecular weight excluding hydrogens is 237 g/mol. The number of halogens is 3. The summed E-state index contributed by atoms with van der Waals surface area (Å²) in [6, 6.07) is 5.96. The summed E-state index contributed by atoms with van der Waals surface area (Å²) in [5.74, 6) is -1.92. The van der Waals surface area contributed by atoms with Crippen molar-refractivity contribution >= 4 is 11.8 Å². The highest BCUT2D eigenvalue weighted by Crippen LogP contribution is 2.11. The molecule has 17 heavy (non-hydrogen) atoms. The summed E-state index contributed by atoms with van der Waals surface area (Å²) in [5.41, 5.74) is 0. The number of carbonyl (C=O) groups excluding carboxylic acids is 1. The zero-order valence-corrected chi connectivity index (χ0v) is 9.65. The van der Waals surface area contributed by atoms with Gasteiger partial charge in [0.2, 0.25) is 5.82 Å². The van der Waals surface area contributed by atoms with Crippen LogP contribution in [0.5, 0.6) is 0 Å². The molecule has 0 aromatic carbocycles. The second kappa shape index (κ2) is 5.62. The van der Waals surface area contributed by atoms with Gasteiger partial charge in [-0.15, -0.1) is 0 Å². The zero-order valence-electron chi connectivity index (χ0n) is 9.65. The number of aromatic nitrogens is 1. The first-order chi connectivity index (χ1) is 7.55. The lowest BCUT2D eigenvalue weighted by Crippen LogP contribution is -2.37. The molecule has 1 heterocycles. The molecule has 0 amide bonds. The SMILES string of the molecule is C[N+](C)(C)c1ccccn1.O=C([O-])C(F)(F)F. The highest BCUT2D eigenvalue weighted by atomic mass is 19.4. The maximum atomic E-state index is 10.5. The summed E-state index contributed by atoms with van der Waals surface area (Å²) in [4.78, 5) is 13.0. The second-order valence-corrected chi connectivity index (χ2v) is 3.99. The lowest BCUT2D eigenvalue weighted by Gasteiger charge is -2.21. The normalized spacial score (nSPS) is 11.4. The van der Waals surface area contributed by atoms with Crippen LogP contribution in [0.2, 0.25) is 0 Å². The third-order valence-electron chi connectivity index (χ3n) is 1.57. The molecule has 1 rings (SSSR count). The van der Waals surface area contributed by atoms with Crippen LogP contribution in [0.1, 0.15) is 0 Å². The maximum absolute atomic E-state index is 10.5. The molecule has 0 radical (unpaired) electrons. The van der Waals surface area contributed by atoms with Gasteiger partial charge in [-0.2, -0.15) is 13.2 Å². The summed E-state index contributed by atoms with van der Waals surface area (Å²) < 4.78 is 32.3. The average molecular weight is 250 g/mol. The highest BCUT2D eigenvalue weighted by molar-refractivity contribution is 5.70. The molecule has 1 aromatic rings. The van der Waals surface area contributed by atoms with Crippen molar-refractivity contribution in [1.29, 1.82) is 0 Å². The van der Waals surface area contributed by atoms with Crippen LogP contribution in [0.3, 0.4) is 0 Å². The van der Waals surface area contributed by atoms with E-state index in [1.165, 1.54) is 0 Å². The van der Waals surface area contributed by atoms with Gasteiger partial charge in [0.05, 0.1) is 21.1 Å². The van der Waals surface area contributed by atoms with Gasteiger partial charge in [0, 0.05) is 12.3 Å². The van der Waals surface area contributed by atoms with E-state index in [0.717, 1.165) is 10.3 Å². The van der Waals surface area contributed by atoms with Crippen molar-refractivity contribution in [1.82, 2.24) is 9.47 Å². The van der Waals surface area contributed by atoms with Gasteiger partial charge in [0.1, 0.15) is 5.97 Å². The van der Waals surface area contributed by atoms with Gasteiger partial charge in [-0.25, -0.2) is 4.98 Å². The summed E-state index contributed by atoms with van der Waals surface area (Å²) in [7, 11) is 6.30. The first-order valence-corrected chi connectivity index (χ1v) is 4.56. The monoisotopic (exact) mass is 250 g/mol. The predicted octanol–water partition coefficient (Wildman–Crippen LogP) is 0.577. The summed E-state index contributed by atoms with van der Waals surface area (Å²) in [5, 5.41) is 8.78. The van der Waals surface area contributed by atoms with Crippen LogP contribution in [0.15, 0.2) is 24.4 Å². The van der Waals surface area contributed by atoms with Crippen LogP contribution >= 0.6 is 0 Å². The Hall–Kier alpha value is -1.63. The molecule has 0 fully saturated rings. The van der Waals surface area contributed by atoms with Crippen molar-refractivity contribution in [2.45, 2.75) is 6.18 Å². The van der Waals surface area contributed by atoms with Crippen LogP contribution < -0.4 is 9.59 Å². The molecule has 96 valence electrons. The van der Waals surface area contributed by atoms with Crippen LogP contribution in [0.4, 0.5) is 19.0 Å². The zero-order chi connectivity index (χ0) is 13.7. The topological polar surface area (TPSA) is 53.0 Å². The molecular formula is C10H13F3N2O2. The van der Waals surface area contributed by atoms with E-state index in [1.807, 2.05) is 24.4 Å². The third kappa shape index (κ3) is 6.52. The van der Waals surface area contributed by atoms with E-state index < -0.39 is 12.1 Å². The number of carboxylic acids is 1. The lowest BCUT2D eigenvalue weighted by atomic mass is 10.4. The first-order valence-electron chi connectivity index (χ1n) is 4.56. The van der Waals surface area contributed by atoms with Crippen LogP contribution in [-0.4, -0.2) is 38.3 Å². The van der Waals surface area contributed by atoms with Gasteiger partial charge in [0.15, 0.2) is 0 Å². The van der Waals surface area contributed by atoms with Crippen molar-refractivity contribution < 1.29 is 23.1 Å². The number of aliphatic carboxylic acids is 1. The Bertz CT molecular complexity index is 358. The number of hydrogen-bond donors (Lipinski definition) is 0. The van der Waals surface area contributed by atoms with Crippen molar-refractivity contribution in [2.24, 2.45) is 0 Å². The first kappa shape index (κ1) is 15.4. The summed E-state index contributed by atoms with van der Waals surface area (Å²) >= 11 is 0. The van der Waals surface area contributed by atoms with Crippen molar-refractivity contribution in [3.63, 3.8) is 0 Å². The molecule has 7 heteroatoms. The Labute approximate surface area is 96.9 Å². The molecule has 0 N–H and O–H groups in total. The molecule has 0 saturated heterocycles. The summed E-state index contributed by atoms with van der Waals surface area (Å²) in [6.45, 7) is 0. The number of hydrogen-bond acceptors (Lipinski definition) is 3. The number of rotatable bonds is 1. The fourth-order valence-electron chi connectivity index (χ4n) is 0.751. The van der Waals surface area contributed by atoms with Crippen molar-refractivity contribution in [3.05, 3.63) is 24.4 Å². The molecule has 0 aliphatic heterocycles. The van der Waals surface area contributed by atoms with E-state index in [1.54, 1.807) is 0 Å². The molecule has 0 atom stereocenters. The predicted molar refractivity (Wildman–Crippen MR) is 54.9 cm³/mol. The number of quaternary nitrogens is 1. The van der Waals surface area contributed by atoms with E-state index in [2.05, 4.69) is 26.1 Å². The number of alkyl halides is 3. The van der Waals surface area contributed by atoms with Crippen LogP contribution in [0.25, 0.3) is 0 Å². The van der Waals surface area contributed by atoms with E-state index >= 15 is 0 Å². The molecule has 0 aliphatic carbocycles. The molecule has 0 saturated carbocycles. The molecule has 1 aromatic heterocycles. The van der Waals surface area contributed by atoms with Gasteiger partial charge < -0.3 is 9.90 Å². The Balaban J connectivity index is 0.000000325. The molecule has 4 nitrogen and oxygen atoms in total. The summed E-state index contributed by atoms with van der Waals surface area (Å²) in [6.07, 6.45) is -3.38. The minimum absolute atomic E-state index is 0.779. The Morgan fingerprint density at radius 3 is 1.94 bits per heavy atom. The fraction of sp³-hybridized carbons (Fsp3) is 0.400. The van der Waals surface area contributed by atoms with Gasteiger partial charge in [-0.3, -0.25) is 4.48 Å². The number of carboxylic acid groups (broad SMARTS) is 1. The number of pyridine rings is 1. The molecule has 0 spiro atoms. The Kier molecular flexibility index (Phi) is 5.09. The molecule has 0 bridgehead atoms. The molecule has 0 unspecified atom stereocenters. The largest absolute Gasteiger partial charge is 0.542 e. The van der Waals surface area contributed by atoms with Crippen molar-refractivity contribution in [2.75, 3.05) is 21.1 Å². The van der Waals surface area contributed by atoms with Crippen molar-refractivity contribution in [3.8, 4) is 0 Å². The Morgan fingerprint density at radius 1 is 1.29 bits per heavy atom. The van der Waals surface area contributed by atoms with E-state index in [9.17, 15) is 13.2 Å². The van der Waals surface area contributed by atoms with Crippen LogP contribution in [0, 0.1) is 0 Å². The third-order valence-corrected chi connectivity index (χ3v) is 1.57. The maximum Gasteiger partial charge on any atom is 0.430 e. The lowest BCUT2D eigenvalue weighted by molar-refractivity contribution is -0.344. The van der Waals surface area contributed by atoms with E-state index in [4.69, 9.17) is 9.90 Å². The van der Waals surface area contributed by atoms with Gasteiger partial charge in [0.25, 0.3) is 0 Å². The number of carbonyl (C=O) groups is 1. The standard InChI is InChI=1S/C8H13N2.C2HF3O2/c1-10(2,3)8-6-4-5-7-9-8;3-2(4,5)1(6)7/h4-7H,1-3H3;(H,6,7)/q+1;/p-1. The highest BCUT2D eigenvalue weighted by Gasteiger charge is 2.28. The minimum Gasteiger partial charge on any atom is -0.542 e. The second-order valence-electron chi connectivity index (χ2n) is 3.99. The van der Waals surface area contributed by atoms with Gasteiger partial charge in [-0.05, 0) is 6.07 Å². The minimum atomic E-state index is -5.19. The van der Waals surface area contributed by atoms with Crippen LogP contribution in [-0.2, 0) is 4.79 Å². The van der Waals surface area contributed by atoms with E-state index in [0.29, 0.717) is 0 Å². The average Bonchev–Trinajstić information content (AvgIpc) is 2.17. The Morgan fingerprint density at radius 2 is 1.76 bits per heavy atom. The van der Waals surface area contributed by atoms with E-state index in [-0.39, 0.29) is 0 Å².